The third-order valence-corrected chi connectivity index (χ3v) is 5.52. The molecule has 1 atom stereocenters. The number of hydrogen-bond donors (Lipinski definition) is 1. The molecule has 3 aromatic rings. The average Bonchev–Trinajstić information content (AvgIpc) is 3.26. The van der Waals surface area contributed by atoms with Crippen LogP contribution >= 0.6 is 0 Å². The maximum Gasteiger partial charge on any atom is 0.328 e. The molecule has 0 saturated carbocycles. The van der Waals surface area contributed by atoms with Crippen LogP contribution in [0.5, 0.6) is 0 Å². The van der Waals surface area contributed by atoms with Crippen LogP contribution < -0.4 is 10.2 Å². The van der Waals surface area contributed by atoms with Crippen LogP contribution in [0.2, 0.25) is 0 Å². The number of carbonyl (C=O) groups is 1. The zero-order valence-electron chi connectivity index (χ0n) is 16.7. The second-order valence-electron chi connectivity index (χ2n) is 7.37. The third-order valence-electron chi connectivity index (χ3n) is 5.52. The Morgan fingerprint density at radius 3 is 2.73 bits per heavy atom. The predicted molar refractivity (Wildman–Crippen MR) is 117 cm³/mol. The Kier molecular flexibility index (Phi) is 5.52. The van der Waals surface area contributed by atoms with E-state index in [0.29, 0.717) is 25.2 Å². The summed E-state index contributed by atoms with van der Waals surface area (Å²) in [6, 6.07) is 18.9. The van der Waals surface area contributed by atoms with E-state index in [1.165, 1.54) is 7.11 Å². The monoisotopic (exact) mass is 405 g/mol. The highest BCUT2D eigenvalue weighted by Gasteiger charge is 2.35. The van der Waals surface area contributed by atoms with Crippen LogP contribution in [0.15, 0.2) is 60.7 Å². The van der Waals surface area contributed by atoms with Gasteiger partial charge in [-0.2, -0.15) is 0 Å². The number of fused-ring (bicyclic) bond motifs is 1. The quantitative estimate of drug-likeness (QED) is 0.369. The van der Waals surface area contributed by atoms with E-state index in [1.807, 2.05) is 36.4 Å². The summed E-state index contributed by atoms with van der Waals surface area (Å²) in [5.41, 5.74) is 2.21. The normalized spacial score (nSPS) is 15.9. The Morgan fingerprint density at radius 1 is 1.17 bits per heavy atom. The van der Waals surface area contributed by atoms with Gasteiger partial charge in [-0.25, -0.2) is 4.79 Å². The molecule has 30 heavy (non-hydrogen) atoms. The number of ether oxygens (including phenoxy) is 1. The number of nitro groups is 1. The number of carbonyl (C=O) groups excluding carboxylic acids is 1. The molecule has 3 aromatic carbocycles. The Bertz CT molecular complexity index is 1100. The van der Waals surface area contributed by atoms with Gasteiger partial charge in [0.15, 0.2) is 0 Å². The molecular weight excluding hydrogens is 382 g/mol. The number of nitrogens with one attached hydrogen (secondary N) is 1. The first kappa shape index (κ1) is 19.7. The maximum absolute atomic E-state index is 12.1. The van der Waals surface area contributed by atoms with Crippen molar-refractivity contribution < 1.29 is 14.5 Å². The molecule has 1 aliphatic rings. The van der Waals surface area contributed by atoms with Gasteiger partial charge >= 0.3 is 5.97 Å². The lowest BCUT2D eigenvalue weighted by Gasteiger charge is -2.24. The highest BCUT2D eigenvalue weighted by Crippen LogP contribution is 2.35. The summed E-state index contributed by atoms with van der Waals surface area (Å²) >= 11 is 0. The van der Waals surface area contributed by atoms with E-state index in [2.05, 4.69) is 17.4 Å². The Balaban J connectivity index is 1.55. The van der Waals surface area contributed by atoms with Crippen LogP contribution in [0.1, 0.15) is 18.4 Å². The molecule has 0 aromatic heterocycles. The SMILES string of the molecule is COC(=O)C1CCCN1c1ccc(CNc2ccc3ccccc3c2)cc1[N+](=O)[O-]. The predicted octanol–water partition coefficient (Wildman–Crippen LogP) is 4.50. The molecule has 1 fully saturated rings. The molecule has 1 N–H and O–H groups in total. The topological polar surface area (TPSA) is 84.7 Å². The molecule has 0 aliphatic carbocycles. The van der Waals surface area contributed by atoms with Crippen LogP contribution in [-0.2, 0) is 16.1 Å². The van der Waals surface area contributed by atoms with Gasteiger partial charge in [0.05, 0.1) is 12.0 Å². The molecule has 1 saturated heterocycles. The number of benzene rings is 3. The van der Waals surface area contributed by atoms with Crippen molar-refractivity contribution in [3.8, 4) is 0 Å². The van der Waals surface area contributed by atoms with Gasteiger partial charge in [-0.15, -0.1) is 0 Å². The van der Waals surface area contributed by atoms with E-state index < -0.39 is 6.04 Å². The summed E-state index contributed by atoms with van der Waals surface area (Å²) in [6.45, 7) is 1.05. The molecule has 7 nitrogen and oxygen atoms in total. The van der Waals surface area contributed by atoms with Gasteiger partial charge in [-0.3, -0.25) is 10.1 Å². The van der Waals surface area contributed by atoms with E-state index in [0.717, 1.165) is 28.4 Å². The molecule has 1 unspecified atom stereocenters. The minimum atomic E-state index is -0.477. The fourth-order valence-corrected chi connectivity index (χ4v) is 4.01. The molecule has 0 spiro atoms. The van der Waals surface area contributed by atoms with Crippen LogP contribution in [-0.4, -0.2) is 30.6 Å². The first-order valence-electron chi connectivity index (χ1n) is 9.91. The molecule has 0 amide bonds. The van der Waals surface area contributed by atoms with Crippen LogP contribution in [0.3, 0.4) is 0 Å². The Morgan fingerprint density at radius 2 is 1.97 bits per heavy atom. The molecule has 1 aliphatic heterocycles. The third kappa shape index (κ3) is 3.91. The summed E-state index contributed by atoms with van der Waals surface area (Å²) in [6.07, 6.45) is 1.43. The number of nitro benzene ring substituents is 1. The molecule has 1 heterocycles. The van der Waals surface area contributed by atoms with Crippen molar-refractivity contribution in [2.24, 2.45) is 0 Å². The van der Waals surface area contributed by atoms with Crippen molar-refractivity contribution >= 4 is 33.8 Å². The second-order valence-corrected chi connectivity index (χ2v) is 7.37. The zero-order chi connectivity index (χ0) is 21.1. The first-order valence-corrected chi connectivity index (χ1v) is 9.91. The summed E-state index contributed by atoms with van der Waals surface area (Å²) in [7, 11) is 1.34. The lowest BCUT2D eigenvalue weighted by atomic mass is 10.1. The summed E-state index contributed by atoms with van der Waals surface area (Å²) < 4.78 is 4.87. The van der Waals surface area contributed by atoms with Crippen LogP contribution in [0.4, 0.5) is 17.1 Å². The lowest BCUT2D eigenvalue weighted by molar-refractivity contribution is -0.384. The fourth-order valence-electron chi connectivity index (χ4n) is 4.01. The van der Waals surface area contributed by atoms with Gasteiger partial charge in [0, 0.05) is 24.8 Å². The van der Waals surface area contributed by atoms with Gasteiger partial charge in [-0.05, 0) is 47.4 Å². The summed E-state index contributed by atoms with van der Waals surface area (Å²) in [5.74, 6) is -0.358. The van der Waals surface area contributed by atoms with Crippen LogP contribution in [0, 0.1) is 10.1 Å². The minimum Gasteiger partial charge on any atom is -0.467 e. The average molecular weight is 405 g/mol. The largest absolute Gasteiger partial charge is 0.467 e. The molecule has 154 valence electrons. The zero-order valence-corrected chi connectivity index (χ0v) is 16.7. The number of rotatable bonds is 6. The number of hydrogen-bond acceptors (Lipinski definition) is 6. The van der Waals surface area contributed by atoms with Crippen molar-refractivity contribution in [1.29, 1.82) is 0 Å². The first-order chi connectivity index (χ1) is 14.6. The van der Waals surface area contributed by atoms with Gasteiger partial charge in [0.1, 0.15) is 11.7 Å². The minimum absolute atomic E-state index is 0.00335. The van der Waals surface area contributed by atoms with Gasteiger partial charge < -0.3 is 15.0 Å². The van der Waals surface area contributed by atoms with Crippen molar-refractivity contribution in [3.63, 3.8) is 0 Å². The second kappa shape index (κ2) is 8.41. The number of esters is 1. The van der Waals surface area contributed by atoms with E-state index in [1.54, 1.807) is 17.0 Å². The Labute approximate surface area is 174 Å². The highest BCUT2D eigenvalue weighted by atomic mass is 16.6. The van der Waals surface area contributed by atoms with Crippen molar-refractivity contribution in [2.75, 3.05) is 23.9 Å². The summed E-state index contributed by atoms with van der Waals surface area (Å²) in [4.78, 5) is 25.2. The van der Waals surface area contributed by atoms with Gasteiger partial charge in [0.2, 0.25) is 0 Å². The fraction of sp³-hybridized carbons (Fsp3) is 0.261. The number of methoxy groups -OCH3 is 1. The standard InChI is InChI=1S/C23H23N3O4/c1-30-23(27)21-7-4-12-25(21)20-11-8-16(13-22(20)26(28)29)15-24-19-10-9-17-5-2-3-6-18(17)14-19/h2-3,5-6,8-11,13-14,21,24H,4,7,12,15H2,1H3. The van der Waals surface area contributed by atoms with Crippen LogP contribution in [0.25, 0.3) is 10.8 Å². The smallest absolute Gasteiger partial charge is 0.328 e. The number of anilines is 2. The molecule has 0 bridgehead atoms. The highest BCUT2D eigenvalue weighted by molar-refractivity contribution is 5.85. The van der Waals surface area contributed by atoms with Crippen molar-refractivity contribution in [1.82, 2.24) is 0 Å². The van der Waals surface area contributed by atoms with Crippen molar-refractivity contribution in [2.45, 2.75) is 25.4 Å². The Hall–Kier alpha value is -3.61. The maximum atomic E-state index is 12.1. The van der Waals surface area contributed by atoms with Gasteiger partial charge in [0.25, 0.3) is 5.69 Å². The lowest BCUT2D eigenvalue weighted by Crippen LogP contribution is -2.37. The van der Waals surface area contributed by atoms with E-state index >= 15 is 0 Å². The summed E-state index contributed by atoms with van der Waals surface area (Å²) in [5, 5.41) is 17.4. The van der Waals surface area contributed by atoms with E-state index in [-0.39, 0.29) is 16.6 Å². The van der Waals surface area contributed by atoms with Gasteiger partial charge in [-0.1, -0.05) is 36.4 Å². The molecule has 0 radical (unpaired) electrons. The van der Waals surface area contributed by atoms with E-state index in [9.17, 15) is 14.9 Å². The molecule has 4 rings (SSSR count). The molecular formula is C23H23N3O4. The van der Waals surface area contributed by atoms with E-state index in [4.69, 9.17) is 4.74 Å². The number of nitrogens with zero attached hydrogens (tertiary/aromatic N) is 2. The molecule has 7 heteroatoms. The van der Waals surface area contributed by atoms with Crippen molar-refractivity contribution in [3.05, 3.63) is 76.3 Å².